The van der Waals surface area contributed by atoms with Crippen molar-refractivity contribution in [2.75, 3.05) is 6.54 Å². The zero-order chi connectivity index (χ0) is 11.1. The van der Waals surface area contributed by atoms with Crippen LogP contribution in [0.2, 0.25) is 0 Å². The van der Waals surface area contributed by atoms with E-state index in [1.54, 1.807) is 0 Å². The number of aliphatic hydroxyl groups excluding tert-OH is 1. The quantitative estimate of drug-likeness (QED) is 0.722. The molecule has 2 aliphatic carbocycles. The molecule has 0 aromatic heterocycles. The van der Waals surface area contributed by atoms with Crippen molar-refractivity contribution in [1.29, 1.82) is 0 Å². The van der Waals surface area contributed by atoms with Crippen molar-refractivity contribution < 1.29 is 9.90 Å². The van der Waals surface area contributed by atoms with E-state index in [2.05, 4.69) is 5.32 Å². The number of nitrogens with one attached hydrogen (secondary N) is 1. The normalized spacial score (nSPS) is 39.7. The van der Waals surface area contributed by atoms with Crippen LogP contribution in [0.3, 0.4) is 0 Å². The second kappa shape index (κ2) is 4.00. The molecule has 90 valence electrons. The summed E-state index contributed by atoms with van der Waals surface area (Å²) < 4.78 is 0. The fourth-order valence-corrected chi connectivity index (χ4v) is 2.76. The average molecular weight is 224 g/mol. The van der Waals surface area contributed by atoms with E-state index >= 15 is 0 Å². The lowest BCUT2D eigenvalue weighted by Crippen LogP contribution is -2.58. The molecule has 4 heteroatoms. The summed E-state index contributed by atoms with van der Waals surface area (Å²) in [6, 6.07) is 0.964. The van der Waals surface area contributed by atoms with E-state index in [0.29, 0.717) is 12.1 Å². The van der Waals surface area contributed by atoms with Gasteiger partial charge in [0, 0.05) is 18.6 Å². The Hall–Kier alpha value is -0.610. The predicted octanol–water partition coefficient (Wildman–Crippen LogP) is 0.253. The highest BCUT2D eigenvalue weighted by molar-refractivity contribution is 5.83. The van der Waals surface area contributed by atoms with Gasteiger partial charge < -0.3 is 15.3 Å². The van der Waals surface area contributed by atoms with Gasteiger partial charge in [-0.15, -0.1) is 0 Å². The minimum atomic E-state index is -0.172. The molecule has 0 spiro atoms. The zero-order valence-corrected chi connectivity index (χ0v) is 9.56. The molecule has 1 amide bonds. The molecule has 3 fully saturated rings. The molecule has 1 heterocycles. The van der Waals surface area contributed by atoms with Crippen LogP contribution in [0.4, 0.5) is 0 Å². The van der Waals surface area contributed by atoms with Crippen molar-refractivity contribution in [3.8, 4) is 0 Å². The Labute approximate surface area is 96.0 Å². The summed E-state index contributed by atoms with van der Waals surface area (Å²) >= 11 is 0. The topological polar surface area (TPSA) is 52.6 Å². The standard InChI is InChI=1S/C12H20N2O2/c15-10-6-9(7-10)14-5-1-2-11(12(14)16)13-8-3-4-8/h8-11,13,15H,1-7H2. The van der Waals surface area contributed by atoms with Crippen LogP contribution in [0.1, 0.15) is 38.5 Å². The maximum absolute atomic E-state index is 12.2. The molecule has 0 aromatic carbocycles. The van der Waals surface area contributed by atoms with Crippen LogP contribution in [0.25, 0.3) is 0 Å². The first-order chi connectivity index (χ1) is 7.74. The van der Waals surface area contributed by atoms with Crippen molar-refractivity contribution in [1.82, 2.24) is 10.2 Å². The molecule has 16 heavy (non-hydrogen) atoms. The number of hydrogen-bond acceptors (Lipinski definition) is 3. The van der Waals surface area contributed by atoms with Crippen LogP contribution in [0.5, 0.6) is 0 Å². The number of carbonyl (C=O) groups is 1. The molecule has 2 N–H and O–H groups in total. The lowest BCUT2D eigenvalue weighted by Gasteiger charge is -2.44. The highest BCUT2D eigenvalue weighted by Crippen LogP contribution is 2.29. The highest BCUT2D eigenvalue weighted by Gasteiger charge is 2.40. The molecule has 0 bridgehead atoms. The Balaban J connectivity index is 1.58. The van der Waals surface area contributed by atoms with Gasteiger partial charge in [-0.05, 0) is 38.5 Å². The maximum atomic E-state index is 12.2. The van der Waals surface area contributed by atoms with Gasteiger partial charge in [-0.1, -0.05) is 0 Å². The molecule has 0 radical (unpaired) electrons. The van der Waals surface area contributed by atoms with Gasteiger partial charge in [0.05, 0.1) is 12.1 Å². The maximum Gasteiger partial charge on any atom is 0.239 e. The third-order valence-corrected chi connectivity index (χ3v) is 4.02. The summed E-state index contributed by atoms with van der Waals surface area (Å²) in [6.45, 7) is 0.888. The molecular formula is C12H20N2O2. The van der Waals surface area contributed by atoms with Crippen molar-refractivity contribution >= 4 is 5.91 Å². The molecule has 2 saturated carbocycles. The van der Waals surface area contributed by atoms with E-state index in [1.165, 1.54) is 12.8 Å². The third kappa shape index (κ3) is 1.96. The van der Waals surface area contributed by atoms with Crippen LogP contribution in [0, 0.1) is 0 Å². The first-order valence-corrected chi connectivity index (χ1v) is 6.48. The summed E-state index contributed by atoms with van der Waals surface area (Å²) in [5.74, 6) is 0.273. The minimum absolute atomic E-state index is 0.0546. The van der Waals surface area contributed by atoms with Crippen LogP contribution in [-0.2, 0) is 4.79 Å². The molecular weight excluding hydrogens is 204 g/mol. The van der Waals surface area contributed by atoms with Gasteiger partial charge in [-0.25, -0.2) is 0 Å². The smallest absolute Gasteiger partial charge is 0.239 e. The summed E-state index contributed by atoms with van der Waals surface area (Å²) in [7, 11) is 0. The van der Waals surface area contributed by atoms with Gasteiger partial charge >= 0.3 is 0 Å². The van der Waals surface area contributed by atoms with E-state index < -0.39 is 0 Å². The Kier molecular flexibility index (Phi) is 2.64. The van der Waals surface area contributed by atoms with Gasteiger partial charge in [0.1, 0.15) is 0 Å². The Morgan fingerprint density at radius 3 is 2.62 bits per heavy atom. The summed E-state index contributed by atoms with van der Waals surface area (Å²) in [5.41, 5.74) is 0. The van der Waals surface area contributed by atoms with Gasteiger partial charge in [-0.3, -0.25) is 4.79 Å². The Morgan fingerprint density at radius 2 is 2.00 bits per heavy atom. The van der Waals surface area contributed by atoms with Crippen molar-refractivity contribution in [3.05, 3.63) is 0 Å². The van der Waals surface area contributed by atoms with E-state index in [9.17, 15) is 9.90 Å². The van der Waals surface area contributed by atoms with Gasteiger partial charge in [0.25, 0.3) is 0 Å². The number of piperidine rings is 1. The molecule has 1 aliphatic heterocycles. The molecule has 1 unspecified atom stereocenters. The van der Waals surface area contributed by atoms with Crippen LogP contribution in [-0.4, -0.2) is 46.7 Å². The monoisotopic (exact) mass is 224 g/mol. The first kappa shape index (κ1) is 10.5. The van der Waals surface area contributed by atoms with E-state index in [1.807, 2.05) is 4.90 Å². The lowest BCUT2D eigenvalue weighted by molar-refractivity contribution is -0.143. The molecule has 3 aliphatic rings. The molecule has 4 nitrogen and oxygen atoms in total. The van der Waals surface area contributed by atoms with Crippen LogP contribution >= 0.6 is 0 Å². The van der Waals surface area contributed by atoms with Crippen LogP contribution < -0.4 is 5.32 Å². The molecule has 1 atom stereocenters. The SMILES string of the molecule is O=C1C(NC2CC2)CCCN1C1CC(O)C1. The van der Waals surface area contributed by atoms with Crippen molar-refractivity contribution in [2.45, 2.75) is 62.8 Å². The largest absolute Gasteiger partial charge is 0.393 e. The van der Waals surface area contributed by atoms with E-state index in [-0.39, 0.29) is 18.1 Å². The lowest BCUT2D eigenvalue weighted by atomic mass is 9.86. The fourth-order valence-electron chi connectivity index (χ4n) is 2.76. The average Bonchev–Trinajstić information content (AvgIpc) is 3.01. The summed E-state index contributed by atoms with van der Waals surface area (Å²) in [6.07, 6.45) is 5.93. The fraction of sp³-hybridized carbons (Fsp3) is 0.917. The van der Waals surface area contributed by atoms with Crippen LogP contribution in [0.15, 0.2) is 0 Å². The molecule has 0 aromatic rings. The predicted molar refractivity (Wildman–Crippen MR) is 59.9 cm³/mol. The zero-order valence-electron chi connectivity index (χ0n) is 9.56. The highest BCUT2D eigenvalue weighted by atomic mass is 16.3. The van der Waals surface area contributed by atoms with Gasteiger partial charge in [-0.2, -0.15) is 0 Å². The molecule has 3 rings (SSSR count). The van der Waals surface area contributed by atoms with Gasteiger partial charge in [0.15, 0.2) is 0 Å². The Bertz CT molecular complexity index is 285. The number of aliphatic hydroxyl groups is 1. The molecule has 1 saturated heterocycles. The number of hydrogen-bond donors (Lipinski definition) is 2. The minimum Gasteiger partial charge on any atom is -0.393 e. The second-order valence-electron chi connectivity index (χ2n) is 5.45. The summed E-state index contributed by atoms with van der Waals surface area (Å²) in [4.78, 5) is 14.2. The summed E-state index contributed by atoms with van der Waals surface area (Å²) in [5, 5.41) is 12.7. The van der Waals surface area contributed by atoms with Gasteiger partial charge in [0.2, 0.25) is 5.91 Å². The second-order valence-corrected chi connectivity index (χ2v) is 5.45. The Morgan fingerprint density at radius 1 is 1.25 bits per heavy atom. The number of likely N-dealkylation sites (tertiary alicyclic amines) is 1. The third-order valence-electron chi connectivity index (χ3n) is 4.02. The number of carbonyl (C=O) groups excluding carboxylic acids is 1. The van der Waals surface area contributed by atoms with Crippen molar-refractivity contribution in [2.24, 2.45) is 0 Å². The number of nitrogens with zero attached hydrogens (tertiary/aromatic N) is 1. The van der Waals surface area contributed by atoms with Crippen molar-refractivity contribution in [3.63, 3.8) is 0 Å². The first-order valence-electron chi connectivity index (χ1n) is 6.48. The van der Waals surface area contributed by atoms with E-state index in [4.69, 9.17) is 0 Å². The number of amides is 1. The van der Waals surface area contributed by atoms with E-state index in [0.717, 1.165) is 32.2 Å². The number of rotatable bonds is 3.